The van der Waals surface area contributed by atoms with E-state index < -0.39 is 0 Å². The minimum atomic E-state index is -0.303. The molecule has 27 heavy (non-hydrogen) atoms. The molecule has 0 saturated carbocycles. The number of Topliss-reactive ketones (excluding diaryl/α,β-unsaturated/α-hetero) is 1. The van der Waals surface area contributed by atoms with Crippen molar-refractivity contribution < 1.29 is 13.8 Å². The van der Waals surface area contributed by atoms with Crippen molar-refractivity contribution in [1.29, 1.82) is 0 Å². The average molecular weight is 382 g/mol. The van der Waals surface area contributed by atoms with Crippen molar-refractivity contribution in [3.63, 3.8) is 0 Å². The molecular weight excluding hydrogens is 367 g/mol. The van der Waals surface area contributed by atoms with Crippen LogP contribution in [0.2, 0.25) is 0 Å². The van der Waals surface area contributed by atoms with E-state index in [-0.39, 0.29) is 23.6 Å². The van der Waals surface area contributed by atoms with E-state index in [1.54, 1.807) is 23.5 Å². The van der Waals surface area contributed by atoms with Gasteiger partial charge in [-0.2, -0.15) is 0 Å². The van der Waals surface area contributed by atoms with E-state index in [1.807, 2.05) is 17.5 Å². The summed E-state index contributed by atoms with van der Waals surface area (Å²) in [5, 5.41) is 16.3. The van der Waals surface area contributed by atoms with Crippen LogP contribution in [0.5, 0.6) is 0 Å². The molecule has 0 amide bonds. The summed E-state index contributed by atoms with van der Waals surface area (Å²) in [6, 6.07) is 9.99. The third kappa shape index (κ3) is 2.82. The molecule has 0 saturated heterocycles. The Kier molecular flexibility index (Phi) is 3.78. The van der Waals surface area contributed by atoms with E-state index in [4.69, 9.17) is 4.63 Å². The minimum Gasteiger partial charge on any atom is -0.352 e. The molecule has 3 heterocycles. The van der Waals surface area contributed by atoms with Crippen molar-refractivity contribution in [2.75, 3.05) is 10.6 Å². The van der Waals surface area contributed by atoms with Crippen molar-refractivity contribution in [3.8, 4) is 0 Å². The average Bonchev–Trinajstić information content (AvgIpc) is 3.31. The van der Waals surface area contributed by atoms with E-state index in [0.29, 0.717) is 30.1 Å². The first-order chi connectivity index (χ1) is 13.2. The molecule has 2 unspecified atom stereocenters. The Bertz CT molecular complexity index is 1030. The monoisotopic (exact) mass is 382 g/mol. The summed E-state index contributed by atoms with van der Waals surface area (Å²) in [6.45, 7) is 0. The highest BCUT2D eigenvalue weighted by atomic mass is 32.1. The van der Waals surface area contributed by atoms with Crippen molar-refractivity contribution in [3.05, 3.63) is 69.3 Å². The van der Waals surface area contributed by atoms with E-state index >= 15 is 0 Å². The SMILES string of the molecule is O=C1CC(c2ccc(F)cc2)CC2=C1C(c1cccs1)Nc1nonc1N2. The Hall–Kier alpha value is -3.00. The maximum Gasteiger partial charge on any atom is 0.219 e. The molecule has 0 radical (unpaired) electrons. The molecule has 5 rings (SSSR count). The number of rotatable bonds is 2. The second kappa shape index (κ2) is 6.31. The third-order valence-corrected chi connectivity index (χ3v) is 5.94. The zero-order chi connectivity index (χ0) is 18.4. The van der Waals surface area contributed by atoms with Gasteiger partial charge in [0.15, 0.2) is 5.78 Å². The van der Waals surface area contributed by atoms with Gasteiger partial charge < -0.3 is 10.6 Å². The predicted molar refractivity (Wildman–Crippen MR) is 99.0 cm³/mol. The van der Waals surface area contributed by atoms with Crippen LogP contribution in [-0.4, -0.2) is 16.1 Å². The number of nitrogens with one attached hydrogen (secondary N) is 2. The summed E-state index contributed by atoms with van der Waals surface area (Å²) in [7, 11) is 0. The highest BCUT2D eigenvalue weighted by Gasteiger charge is 2.37. The lowest BCUT2D eigenvalue weighted by molar-refractivity contribution is -0.116. The van der Waals surface area contributed by atoms with Crippen molar-refractivity contribution in [1.82, 2.24) is 10.3 Å². The normalized spacial score (nSPS) is 21.7. The number of benzene rings is 1. The summed E-state index contributed by atoms with van der Waals surface area (Å²) < 4.78 is 18.1. The van der Waals surface area contributed by atoms with Gasteiger partial charge in [0, 0.05) is 22.6 Å². The highest BCUT2D eigenvalue weighted by Crippen LogP contribution is 2.44. The molecule has 1 aliphatic carbocycles. The van der Waals surface area contributed by atoms with Crippen molar-refractivity contribution in [2.24, 2.45) is 0 Å². The molecule has 2 aromatic heterocycles. The van der Waals surface area contributed by atoms with Gasteiger partial charge in [-0.15, -0.1) is 11.3 Å². The number of hydrogen-bond acceptors (Lipinski definition) is 7. The van der Waals surface area contributed by atoms with E-state index in [0.717, 1.165) is 16.1 Å². The predicted octanol–water partition coefficient (Wildman–Crippen LogP) is 4.25. The number of thiophene rings is 1. The molecule has 1 aromatic carbocycles. The Morgan fingerprint density at radius 3 is 2.70 bits per heavy atom. The number of aromatic nitrogens is 2. The van der Waals surface area contributed by atoms with Crippen LogP contribution in [0.4, 0.5) is 16.0 Å². The largest absolute Gasteiger partial charge is 0.352 e. The zero-order valence-corrected chi connectivity index (χ0v) is 14.9. The molecule has 0 bridgehead atoms. The number of ketones is 1. The van der Waals surface area contributed by atoms with Crippen LogP contribution in [0.1, 0.15) is 35.2 Å². The first-order valence-corrected chi connectivity index (χ1v) is 9.48. The van der Waals surface area contributed by atoms with Gasteiger partial charge in [0.05, 0.1) is 6.04 Å². The van der Waals surface area contributed by atoms with E-state index in [9.17, 15) is 9.18 Å². The summed E-state index contributed by atoms with van der Waals surface area (Å²) in [6.07, 6.45) is 1.01. The quantitative estimate of drug-likeness (QED) is 0.690. The Morgan fingerprint density at radius 1 is 1.11 bits per heavy atom. The molecule has 3 aromatic rings. The number of nitrogens with zero attached hydrogens (tertiary/aromatic N) is 2. The van der Waals surface area contributed by atoms with Crippen LogP contribution in [0.25, 0.3) is 0 Å². The lowest BCUT2D eigenvalue weighted by Crippen LogP contribution is -2.26. The first kappa shape index (κ1) is 16.2. The zero-order valence-electron chi connectivity index (χ0n) is 14.1. The minimum absolute atomic E-state index is 0.0188. The summed E-state index contributed by atoms with van der Waals surface area (Å²) in [5.74, 6) is 0.706. The maximum absolute atomic E-state index is 13.3. The molecule has 136 valence electrons. The summed E-state index contributed by atoms with van der Waals surface area (Å²) in [5.41, 5.74) is 2.46. The second-order valence-corrected chi connectivity index (χ2v) is 7.63. The fourth-order valence-electron chi connectivity index (χ4n) is 3.74. The summed E-state index contributed by atoms with van der Waals surface area (Å²) >= 11 is 1.58. The maximum atomic E-state index is 13.3. The van der Waals surface area contributed by atoms with Crippen LogP contribution >= 0.6 is 11.3 Å². The molecule has 0 fully saturated rings. The topological polar surface area (TPSA) is 80.1 Å². The van der Waals surface area contributed by atoms with Crippen LogP contribution in [0.3, 0.4) is 0 Å². The van der Waals surface area contributed by atoms with Crippen LogP contribution in [0.15, 0.2) is 57.7 Å². The number of halogens is 1. The number of fused-ring (bicyclic) bond motifs is 1. The molecule has 0 spiro atoms. The molecular formula is C19H15FN4O2S. The van der Waals surface area contributed by atoms with E-state index in [1.165, 1.54) is 12.1 Å². The van der Waals surface area contributed by atoms with Crippen LogP contribution < -0.4 is 10.6 Å². The standard InChI is InChI=1S/C19H15FN4O2S/c20-12-5-3-10(4-6-12)11-8-13-16(14(25)9-11)17(15-2-1-7-27-15)22-19-18(21-13)23-26-24-19/h1-7,11,17H,8-9H2,(H,21,23)(H,22,24). The molecule has 6 nitrogen and oxygen atoms in total. The number of allylic oxidation sites excluding steroid dienone is 1. The van der Waals surface area contributed by atoms with Gasteiger partial charge in [-0.1, -0.05) is 18.2 Å². The molecule has 2 atom stereocenters. The molecule has 1 aliphatic heterocycles. The van der Waals surface area contributed by atoms with Gasteiger partial charge in [-0.25, -0.2) is 9.02 Å². The van der Waals surface area contributed by atoms with Crippen LogP contribution in [0, 0.1) is 5.82 Å². The smallest absolute Gasteiger partial charge is 0.219 e. The molecule has 2 aliphatic rings. The van der Waals surface area contributed by atoms with E-state index in [2.05, 4.69) is 20.9 Å². The number of carbonyl (C=O) groups is 1. The first-order valence-electron chi connectivity index (χ1n) is 8.60. The molecule has 8 heteroatoms. The Balaban J connectivity index is 1.58. The lowest BCUT2D eigenvalue weighted by atomic mass is 9.79. The molecule has 2 N–H and O–H groups in total. The van der Waals surface area contributed by atoms with Crippen molar-refractivity contribution in [2.45, 2.75) is 24.8 Å². The summed E-state index contributed by atoms with van der Waals surface area (Å²) in [4.78, 5) is 14.2. The van der Waals surface area contributed by atoms with Gasteiger partial charge in [-0.05, 0) is 51.8 Å². The Morgan fingerprint density at radius 2 is 1.93 bits per heavy atom. The fraction of sp³-hybridized carbons (Fsp3) is 0.211. The van der Waals surface area contributed by atoms with Crippen LogP contribution in [-0.2, 0) is 4.79 Å². The lowest BCUT2D eigenvalue weighted by Gasteiger charge is -2.29. The second-order valence-electron chi connectivity index (χ2n) is 6.65. The van der Waals surface area contributed by atoms with Gasteiger partial charge in [0.25, 0.3) is 0 Å². The third-order valence-electron chi connectivity index (χ3n) is 5.00. The van der Waals surface area contributed by atoms with Gasteiger partial charge in [0.2, 0.25) is 11.6 Å². The van der Waals surface area contributed by atoms with Gasteiger partial charge >= 0.3 is 0 Å². The number of anilines is 2. The highest BCUT2D eigenvalue weighted by molar-refractivity contribution is 7.10. The fourth-order valence-corrected chi connectivity index (χ4v) is 4.53. The number of hydrogen-bond donors (Lipinski definition) is 2. The van der Waals surface area contributed by atoms with Crippen molar-refractivity contribution >= 4 is 28.8 Å². The Labute approximate surface area is 158 Å². The van der Waals surface area contributed by atoms with Gasteiger partial charge in [-0.3, -0.25) is 4.79 Å². The number of carbonyl (C=O) groups excluding carboxylic acids is 1. The van der Waals surface area contributed by atoms with Gasteiger partial charge in [0.1, 0.15) is 5.82 Å².